The van der Waals surface area contributed by atoms with Crippen LogP contribution in [0.4, 0.5) is 10.2 Å². The number of aromatic nitrogens is 1. The normalized spacial score (nSPS) is 18.7. The summed E-state index contributed by atoms with van der Waals surface area (Å²) >= 11 is 5.87. The van der Waals surface area contributed by atoms with E-state index in [9.17, 15) is 23.9 Å². The number of nitrogen functional groups attached to an aromatic ring is 1. The summed E-state index contributed by atoms with van der Waals surface area (Å²) < 4.78 is 13.5. The highest BCUT2D eigenvalue weighted by atomic mass is 35.5. The van der Waals surface area contributed by atoms with Crippen molar-refractivity contribution in [3.05, 3.63) is 58.0 Å². The lowest BCUT2D eigenvalue weighted by molar-refractivity contribution is -0.139. The molecule has 3 rings (SSSR count). The summed E-state index contributed by atoms with van der Waals surface area (Å²) in [5.74, 6) is -2.00. The Labute approximate surface area is 207 Å². The van der Waals surface area contributed by atoms with Gasteiger partial charge in [0.15, 0.2) is 0 Å². The van der Waals surface area contributed by atoms with Gasteiger partial charge < -0.3 is 21.5 Å². The number of halogens is 2. The highest BCUT2D eigenvalue weighted by molar-refractivity contribution is 6.30. The highest BCUT2D eigenvalue weighted by Crippen LogP contribution is 2.28. The minimum atomic E-state index is -1.05. The Morgan fingerprint density at radius 2 is 2.06 bits per heavy atom. The number of nitrogens with zero attached hydrogens (tertiary/aromatic N) is 2. The Hall–Kier alpha value is -3.24. The molecular formula is C24H29ClFN5O4. The zero-order valence-corrected chi connectivity index (χ0v) is 20.3. The number of carbonyl (C=O) groups excluding carboxylic acids is 2. The van der Waals surface area contributed by atoms with Crippen LogP contribution in [-0.2, 0) is 27.3 Å². The van der Waals surface area contributed by atoms with E-state index in [-0.39, 0.29) is 29.9 Å². The van der Waals surface area contributed by atoms with Crippen molar-refractivity contribution in [2.75, 3.05) is 18.8 Å². The van der Waals surface area contributed by atoms with Gasteiger partial charge in [-0.3, -0.25) is 19.3 Å². The number of nitrogens with one attached hydrogen (secondary N) is 2. The molecule has 0 unspecified atom stereocenters. The van der Waals surface area contributed by atoms with Gasteiger partial charge in [0, 0.05) is 18.8 Å². The number of hydrogen-bond acceptors (Lipinski definition) is 6. The third-order valence-electron chi connectivity index (χ3n) is 6.06. The van der Waals surface area contributed by atoms with Crippen LogP contribution in [0.1, 0.15) is 30.2 Å². The minimum absolute atomic E-state index is 0.0157. The summed E-state index contributed by atoms with van der Waals surface area (Å²) in [6.07, 6.45) is 0.920. The number of amides is 2. The van der Waals surface area contributed by atoms with Gasteiger partial charge in [-0.05, 0) is 61.9 Å². The first-order valence-corrected chi connectivity index (χ1v) is 11.6. The van der Waals surface area contributed by atoms with Crippen LogP contribution in [-0.4, -0.2) is 57.9 Å². The highest BCUT2D eigenvalue weighted by Gasteiger charge is 2.38. The van der Waals surface area contributed by atoms with E-state index in [4.69, 9.17) is 17.3 Å². The number of carboxylic acid groups (broad SMARTS) is 1. The lowest BCUT2D eigenvalue weighted by Gasteiger charge is -2.23. The molecule has 1 aliphatic heterocycles. The molecule has 5 N–H and O–H groups in total. The molecule has 0 spiro atoms. The molecule has 2 aromatic rings. The van der Waals surface area contributed by atoms with E-state index < -0.39 is 29.8 Å². The summed E-state index contributed by atoms with van der Waals surface area (Å²) in [5, 5.41) is 14.8. The quantitative estimate of drug-likeness (QED) is 0.408. The molecule has 1 fully saturated rings. The van der Waals surface area contributed by atoms with E-state index in [1.807, 2.05) is 0 Å². The van der Waals surface area contributed by atoms with Gasteiger partial charge in [-0.25, -0.2) is 9.37 Å². The average Bonchev–Trinajstić information content (AvgIpc) is 3.16. The summed E-state index contributed by atoms with van der Waals surface area (Å²) in [6.45, 7) is 3.66. The topological polar surface area (TPSA) is 138 Å². The van der Waals surface area contributed by atoms with Crippen LogP contribution in [0.25, 0.3) is 0 Å². The Morgan fingerprint density at radius 1 is 1.31 bits per heavy atom. The second kappa shape index (κ2) is 11.5. The van der Waals surface area contributed by atoms with Gasteiger partial charge in [0.25, 0.3) is 0 Å². The number of hydrogen-bond donors (Lipinski definition) is 4. The largest absolute Gasteiger partial charge is 0.480 e. The van der Waals surface area contributed by atoms with Crippen LogP contribution in [0.15, 0.2) is 30.3 Å². The number of pyridine rings is 1. The Bertz CT molecular complexity index is 1120. The summed E-state index contributed by atoms with van der Waals surface area (Å²) in [5.41, 5.74) is 7.95. The van der Waals surface area contributed by atoms with Gasteiger partial charge in [-0.15, -0.1) is 0 Å². The zero-order valence-electron chi connectivity index (χ0n) is 19.6. The first-order chi connectivity index (χ1) is 16.5. The molecule has 2 amide bonds. The fraction of sp³-hybridized carbons (Fsp3) is 0.417. The molecule has 0 saturated carbocycles. The Kier molecular flexibility index (Phi) is 8.63. The fourth-order valence-electron chi connectivity index (χ4n) is 4.27. The number of carboxylic acids is 1. The molecule has 35 heavy (non-hydrogen) atoms. The second-order valence-corrected chi connectivity index (χ2v) is 9.23. The van der Waals surface area contributed by atoms with E-state index >= 15 is 0 Å². The number of benzene rings is 1. The maximum Gasteiger partial charge on any atom is 0.317 e. The van der Waals surface area contributed by atoms with Gasteiger partial charge in [-0.2, -0.15) is 0 Å². The number of anilines is 1. The average molecular weight is 506 g/mol. The van der Waals surface area contributed by atoms with Crippen LogP contribution >= 0.6 is 11.6 Å². The van der Waals surface area contributed by atoms with Crippen LogP contribution < -0.4 is 16.4 Å². The molecule has 0 radical (unpaired) electrons. The van der Waals surface area contributed by atoms with Crippen molar-refractivity contribution in [3.8, 4) is 0 Å². The van der Waals surface area contributed by atoms with Gasteiger partial charge in [0.1, 0.15) is 17.7 Å². The van der Waals surface area contributed by atoms with Crippen molar-refractivity contribution in [3.63, 3.8) is 0 Å². The van der Waals surface area contributed by atoms with Gasteiger partial charge in [0.2, 0.25) is 11.8 Å². The van der Waals surface area contributed by atoms with Crippen molar-refractivity contribution >= 4 is 35.2 Å². The maximum absolute atomic E-state index is 13.5. The molecule has 1 aromatic carbocycles. The molecule has 11 heteroatoms. The van der Waals surface area contributed by atoms with Gasteiger partial charge >= 0.3 is 5.97 Å². The molecule has 1 aliphatic rings. The molecule has 9 nitrogen and oxygen atoms in total. The minimum Gasteiger partial charge on any atom is -0.480 e. The molecule has 188 valence electrons. The Morgan fingerprint density at radius 3 is 2.71 bits per heavy atom. The molecule has 0 bridgehead atoms. The molecule has 0 aliphatic carbocycles. The second-order valence-electron chi connectivity index (χ2n) is 8.82. The Balaban J connectivity index is 1.59. The van der Waals surface area contributed by atoms with Crippen molar-refractivity contribution in [2.24, 2.45) is 5.92 Å². The smallest absolute Gasteiger partial charge is 0.317 e. The van der Waals surface area contributed by atoms with Crippen LogP contribution in [0.3, 0.4) is 0 Å². The summed E-state index contributed by atoms with van der Waals surface area (Å²) in [7, 11) is 0. The predicted octanol–water partition coefficient (Wildman–Crippen LogP) is 1.90. The predicted molar refractivity (Wildman–Crippen MR) is 129 cm³/mol. The van der Waals surface area contributed by atoms with Gasteiger partial charge in [-0.1, -0.05) is 23.7 Å². The first kappa shape index (κ1) is 26.4. The number of aryl methyl sites for hydroxylation is 1. The van der Waals surface area contributed by atoms with E-state index in [0.29, 0.717) is 30.9 Å². The van der Waals surface area contributed by atoms with Gasteiger partial charge in [0.05, 0.1) is 17.6 Å². The lowest BCUT2D eigenvalue weighted by atomic mass is 9.96. The molecule has 2 heterocycles. The summed E-state index contributed by atoms with van der Waals surface area (Å²) in [6, 6.07) is 6.34. The van der Waals surface area contributed by atoms with Crippen LogP contribution in [0.5, 0.6) is 0 Å². The number of carbonyl (C=O) groups is 3. The van der Waals surface area contributed by atoms with E-state index in [0.717, 1.165) is 11.1 Å². The molecular weight excluding hydrogens is 477 g/mol. The standard InChI is InChI=1S/C24H29ClFN5O4/c1-13-17(4-6-21(27)29-13)10-28-23(34)14(2)30-24(35)20-9-16(11-31(20)12-22(32)33)7-15-3-5-19(26)18(25)8-15/h3-6,8,14,16,20H,7,9-12H2,1-2H3,(H2,27,29)(H,28,34)(H,30,35)(H,32,33)/t14-,16-,20+/m0/s1. The van der Waals surface area contributed by atoms with Crippen molar-refractivity contribution in [2.45, 2.75) is 45.3 Å². The van der Waals surface area contributed by atoms with Crippen LogP contribution in [0.2, 0.25) is 5.02 Å². The fourth-order valence-corrected chi connectivity index (χ4v) is 4.48. The summed E-state index contributed by atoms with van der Waals surface area (Å²) in [4.78, 5) is 42.6. The third-order valence-corrected chi connectivity index (χ3v) is 6.35. The zero-order chi connectivity index (χ0) is 25.7. The van der Waals surface area contributed by atoms with Crippen LogP contribution in [0, 0.1) is 18.7 Å². The number of likely N-dealkylation sites (tertiary alicyclic amines) is 1. The lowest BCUT2D eigenvalue weighted by Crippen LogP contribution is -2.51. The maximum atomic E-state index is 13.5. The number of nitrogens with two attached hydrogens (primary N) is 1. The monoisotopic (exact) mass is 505 g/mol. The first-order valence-electron chi connectivity index (χ1n) is 11.2. The van der Waals surface area contributed by atoms with E-state index in [1.54, 1.807) is 36.9 Å². The molecule has 3 atom stereocenters. The SMILES string of the molecule is Cc1nc(N)ccc1CNC(=O)[C@H](C)NC(=O)[C@H]1C[C@H](Cc2ccc(F)c(Cl)c2)CN1CC(=O)O. The number of aliphatic carboxylic acids is 1. The van der Waals surface area contributed by atoms with Crippen molar-refractivity contribution < 1.29 is 23.9 Å². The third kappa shape index (κ3) is 7.12. The van der Waals surface area contributed by atoms with Crippen molar-refractivity contribution in [1.82, 2.24) is 20.5 Å². The van der Waals surface area contributed by atoms with E-state index in [2.05, 4.69) is 15.6 Å². The number of rotatable bonds is 9. The molecule has 1 saturated heterocycles. The van der Waals surface area contributed by atoms with Crippen molar-refractivity contribution in [1.29, 1.82) is 0 Å². The van der Waals surface area contributed by atoms with E-state index in [1.165, 1.54) is 12.1 Å². The molecule has 1 aromatic heterocycles.